The van der Waals surface area contributed by atoms with E-state index in [1.54, 1.807) is 0 Å². The van der Waals surface area contributed by atoms with E-state index in [1.807, 2.05) is 60.7 Å². The number of carbonyl (C=O) groups excluding carboxylic acids is 1. The Morgan fingerprint density at radius 3 is 2.50 bits per heavy atom. The molecule has 1 aromatic heterocycles. The van der Waals surface area contributed by atoms with Crippen molar-refractivity contribution in [3.63, 3.8) is 0 Å². The maximum atomic E-state index is 11.0. The SMILES string of the molecule is CC(=O)Nc1ccc(NCc2ccc(-c3cccc(Cl)c3)o2)cc1. The van der Waals surface area contributed by atoms with Gasteiger partial charge >= 0.3 is 0 Å². The standard InChI is InChI=1S/C19H17ClN2O2/c1-13(23)22-17-7-5-16(6-8-17)21-12-18-9-10-19(24-18)14-3-2-4-15(20)11-14/h2-11,21H,12H2,1H3,(H,22,23). The molecule has 0 unspecified atom stereocenters. The molecule has 5 heteroatoms. The van der Waals surface area contributed by atoms with Crippen LogP contribution in [0.25, 0.3) is 11.3 Å². The zero-order valence-corrected chi connectivity index (χ0v) is 13.9. The van der Waals surface area contributed by atoms with Gasteiger partial charge in [-0.3, -0.25) is 4.79 Å². The molecule has 0 bridgehead atoms. The highest BCUT2D eigenvalue weighted by Crippen LogP contribution is 2.25. The van der Waals surface area contributed by atoms with E-state index in [-0.39, 0.29) is 5.91 Å². The molecule has 122 valence electrons. The number of benzene rings is 2. The number of furan rings is 1. The quantitative estimate of drug-likeness (QED) is 0.673. The molecule has 0 aliphatic carbocycles. The fourth-order valence-corrected chi connectivity index (χ4v) is 2.52. The van der Waals surface area contributed by atoms with E-state index in [4.69, 9.17) is 16.0 Å². The number of anilines is 2. The molecule has 1 amide bonds. The second-order valence-electron chi connectivity index (χ2n) is 5.39. The van der Waals surface area contributed by atoms with E-state index in [2.05, 4.69) is 10.6 Å². The highest BCUT2D eigenvalue weighted by molar-refractivity contribution is 6.30. The zero-order valence-electron chi connectivity index (χ0n) is 13.2. The van der Waals surface area contributed by atoms with Crippen LogP contribution in [-0.2, 0) is 11.3 Å². The monoisotopic (exact) mass is 340 g/mol. The third-order valence-electron chi connectivity index (χ3n) is 3.44. The molecule has 0 aliphatic rings. The highest BCUT2D eigenvalue weighted by Gasteiger charge is 2.05. The minimum atomic E-state index is -0.0835. The van der Waals surface area contributed by atoms with Crippen molar-refractivity contribution in [2.45, 2.75) is 13.5 Å². The molecule has 0 fully saturated rings. The van der Waals surface area contributed by atoms with Crippen LogP contribution in [0, 0.1) is 0 Å². The van der Waals surface area contributed by atoms with Crippen molar-refractivity contribution >= 4 is 28.9 Å². The average molecular weight is 341 g/mol. The number of amides is 1. The van der Waals surface area contributed by atoms with Gasteiger partial charge in [0.05, 0.1) is 6.54 Å². The van der Waals surface area contributed by atoms with Crippen LogP contribution in [-0.4, -0.2) is 5.91 Å². The normalized spacial score (nSPS) is 10.4. The van der Waals surface area contributed by atoms with Gasteiger partial charge in [-0.2, -0.15) is 0 Å². The van der Waals surface area contributed by atoms with Gasteiger partial charge in [-0.1, -0.05) is 23.7 Å². The van der Waals surface area contributed by atoms with E-state index in [0.29, 0.717) is 11.6 Å². The Morgan fingerprint density at radius 2 is 1.79 bits per heavy atom. The van der Waals surface area contributed by atoms with Crippen molar-refractivity contribution in [1.29, 1.82) is 0 Å². The van der Waals surface area contributed by atoms with E-state index < -0.39 is 0 Å². The first kappa shape index (κ1) is 16.1. The topological polar surface area (TPSA) is 54.3 Å². The second-order valence-corrected chi connectivity index (χ2v) is 5.82. The van der Waals surface area contributed by atoms with Gasteiger partial charge in [-0.05, 0) is 48.5 Å². The lowest BCUT2D eigenvalue weighted by atomic mass is 10.2. The number of nitrogens with one attached hydrogen (secondary N) is 2. The summed E-state index contributed by atoms with van der Waals surface area (Å²) >= 11 is 6.01. The Labute approximate surface area is 145 Å². The predicted molar refractivity (Wildman–Crippen MR) is 97.2 cm³/mol. The molecule has 0 aliphatic heterocycles. The number of hydrogen-bond donors (Lipinski definition) is 2. The number of rotatable bonds is 5. The minimum Gasteiger partial charge on any atom is -0.459 e. The van der Waals surface area contributed by atoms with Crippen molar-refractivity contribution in [2.24, 2.45) is 0 Å². The summed E-state index contributed by atoms with van der Waals surface area (Å²) in [5.74, 6) is 1.53. The molecule has 3 aromatic rings. The summed E-state index contributed by atoms with van der Waals surface area (Å²) in [6, 6.07) is 19.0. The molecular weight excluding hydrogens is 324 g/mol. The number of carbonyl (C=O) groups is 1. The van der Waals surface area contributed by atoms with Crippen molar-refractivity contribution in [1.82, 2.24) is 0 Å². The van der Waals surface area contributed by atoms with E-state index in [0.717, 1.165) is 28.5 Å². The Balaban J connectivity index is 1.62. The second kappa shape index (κ2) is 7.23. The van der Waals surface area contributed by atoms with E-state index in [1.165, 1.54) is 6.92 Å². The molecule has 0 atom stereocenters. The van der Waals surface area contributed by atoms with Gasteiger partial charge in [-0.15, -0.1) is 0 Å². The lowest BCUT2D eigenvalue weighted by Gasteiger charge is -2.06. The van der Waals surface area contributed by atoms with Crippen molar-refractivity contribution in [3.8, 4) is 11.3 Å². The third-order valence-corrected chi connectivity index (χ3v) is 3.68. The smallest absolute Gasteiger partial charge is 0.221 e. The number of hydrogen-bond acceptors (Lipinski definition) is 3. The average Bonchev–Trinajstić information content (AvgIpc) is 3.03. The summed E-state index contributed by atoms with van der Waals surface area (Å²) in [7, 11) is 0. The maximum absolute atomic E-state index is 11.0. The molecule has 24 heavy (non-hydrogen) atoms. The van der Waals surface area contributed by atoms with Gasteiger partial charge in [0, 0.05) is 28.9 Å². The van der Waals surface area contributed by atoms with Crippen molar-refractivity contribution < 1.29 is 9.21 Å². The Bertz CT molecular complexity index is 841. The van der Waals surface area contributed by atoms with Crippen LogP contribution >= 0.6 is 11.6 Å². The summed E-state index contributed by atoms with van der Waals surface area (Å²) in [5.41, 5.74) is 2.67. The summed E-state index contributed by atoms with van der Waals surface area (Å²) in [6.07, 6.45) is 0. The van der Waals surface area contributed by atoms with Crippen LogP contribution in [0.5, 0.6) is 0 Å². The zero-order chi connectivity index (χ0) is 16.9. The molecule has 2 aromatic carbocycles. The summed E-state index contributed by atoms with van der Waals surface area (Å²) in [6.45, 7) is 2.06. The Morgan fingerprint density at radius 1 is 1.04 bits per heavy atom. The van der Waals surface area contributed by atoms with Crippen molar-refractivity contribution in [3.05, 3.63) is 71.4 Å². The van der Waals surface area contributed by atoms with Crippen LogP contribution in [0.4, 0.5) is 11.4 Å². The van der Waals surface area contributed by atoms with Crippen LogP contribution in [0.1, 0.15) is 12.7 Å². The van der Waals surface area contributed by atoms with Crippen LogP contribution in [0.15, 0.2) is 65.1 Å². The van der Waals surface area contributed by atoms with Crippen molar-refractivity contribution in [2.75, 3.05) is 10.6 Å². The number of halogens is 1. The van der Waals surface area contributed by atoms with Crippen LogP contribution in [0.3, 0.4) is 0 Å². The third kappa shape index (κ3) is 4.18. The predicted octanol–water partition coefficient (Wildman–Crippen LogP) is 5.17. The first-order valence-electron chi connectivity index (χ1n) is 7.56. The molecule has 1 heterocycles. The minimum absolute atomic E-state index is 0.0835. The fourth-order valence-electron chi connectivity index (χ4n) is 2.33. The Kier molecular flexibility index (Phi) is 4.87. The molecule has 0 saturated heterocycles. The van der Waals surface area contributed by atoms with Gasteiger partial charge in [0.25, 0.3) is 0 Å². The largest absolute Gasteiger partial charge is 0.459 e. The molecule has 2 N–H and O–H groups in total. The summed E-state index contributed by atoms with van der Waals surface area (Å²) < 4.78 is 5.84. The van der Waals surface area contributed by atoms with Gasteiger partial charge in [-0.25, -0.2) is 0 Å². The van der Waals surface area contributed by atoms with E-state index in [9.17, 15) is 4.79 Å². The van der Waals surface area contributed by atoms with E-state index >= 15 is 0 Å². The fraction of sp³-hybridized carbons (Fsp3) is 0.105. The van der Waals surface area contributed by atoms with Crippen LogP contribution in [0.2, 0.25) is 5.02 Å². The summed E-state index contributed by atoms with van der Waals surface area (Å²) in [4.78, 5) is 11.0. The first-order valence-corrected chi connectivity index (χ1v) is 7.94. The summed E-state index contributed by atoms with van der Waals surface area (Å²) in [5, 5.41) is 6.70. The molecular formula is C19H17ClN2O2. The molecule has 0 spiro atoms. The maximum Gasteiger partial charge on any atom is 0.221 e. The first-order chi connectivity index (χ1) is 11.6. The van der Waals surface area contributed by atoms with Gasteiger partial charge < -0.3 is 15.1 Å². The molecule has 4 nitrogen and oxygen atoms in total. The molecule has 0 radical (unpaired) electrons. The lowest BCUT2D eigenvalue weighted by Crippen LogP contribution is -2.05. The molecule has 3 rings (SSSR count). The van der Waals surface area contributed by atoms with Gasteiger partial charge in [0.15, 0.2) is 0 Å². The lowest BCUT2D eigenvalue weighted by molar-refractivity contribution is -0.114. The van der Waals surface area contributed by atoms with Crippen LogP contribution < -0.4 is 10.6 Å². The van der Waals surface area contributed by atoms with Gasteiger partial charge in [0.2, 0.25) is 5.91 Å². The highest BCUT2D eigenvalue weighted by atomic mass is 35.5. The van der Waals surface area contributed by atoms with Gasteiger partial charge in [0.1, 0.15) is 11.5 Å². The Hall–Kier alpha value is -2.72. The molecule has 0 saturated carbocycles.